The molecule has 0 radical (unpaired) electrons. The minimum Gasteiger partial charge on any atom is -0.334 e. The molecule has 1 aliphatic heterocycles. The zero-order valence-corrected chi connectivity index (χ0v) is 12.2. The molecule has 88 valence electrons. The minimum atomic E-state index is 0.192. The molecule has 0 aliphatic carbocycles. The van der Waals surface area contributed by atoms with Gasteiger partial charge >= 0.3 is 0 Å². The zero-order valence-electron chi connectivity index (χ0n) is 9.20. The fourth-order valence-electron chi connectivity index (χ4n) is 2.14. The Hall–Kier alpha value is -0.140. The van der Waals surface area contributed by atoms with Crippen LogP contribution in [-0.2, 0) is 0 Å². The lowest BCUT2D eigenvalue weighted by Gasteiger charge is -2.24. The second-order valence-electron chi connectivity index (χ2n) is 3.99. The predicted molar refractivity (Wildman–Crippen MR) is 75.0 cm³/mol. The molecule has 0 aromatic carbocycles. The maximum Gasteiger partial charge on any atom is 0.255 e. The van der Waals surface area contributed by atoms with Crippen LogP contribution in [0.25, 0.3) is 0 Å². The lowest BCUT2D eigenvalue weighted by Crippen LogP contribution is -2.40. The van der Waals surface area contributed by atoms with Crippen molar-refractivity contribution in [2.75, 3.05) is 20.1 Å². The highest BCUT2D eigenvalue weighted by Gasteiger charge is 2.29. The monoisotopic (exact) mass is 350 g/mol. The van der Waals surface area contributed by atoms with E-state index in [1.54, 1.807) is 11.3 Å². The van der Waals surface area contributed by atoms with Crippen LogP contribution in [0.1, 0.15) is 23.2 Å². The molecule has 1 aliphatic rings. The van der Waals surface area contributed by atoms with Gasteiger partial charge in [0.1, 0.15) is 0 Å². The Morgan fingerprint density at radius 2 is 2.56 bits per heavy atom. The van der Waals surface area contributed by atoms with Gasteiger partial charge in [0.05, 0.1) is 8.45 Å². The second-order valence-corrected chi connectivity index (χ2v) is 6.80. The quantitative estimate of drug-likeness (QED) is 0.848. The maximum absolute atomic E-state index is 12.2. The van der Waals surface area contributed by atoms with Gasteiger partial charge in [-0.3, -0.25) is 4.79 Å². The van der Waals surface area contributed by atoms with Gasteiger partial charge in [-0.1, -0.05) is 0 Å². The Labute approximate surface area is 113 Å². The predicted octanol–water partition coefficient (Wildman–Crippen LogP) is 2.18. The Morgan fingerprint density at radius 3 is 3.19 bits per heavy atom. The molecule has 0 spiro atoms. The standard InChI is InChI=1S/C11H15IN2OS/c1-13-6-9-3-2-4-14(9)11(15)8-5-10(12)16-7-8/h5,7,9,13H,2-4,6H2,1H3. The van der Waals surface area contributed by atoms with Crippen LogP contribution >= 0.6 is 33.9 Å². The van der Waals surface area contributed by atoms with Gasteiger partial charge in [0, 0.05) is 24.5 Å². The van der Waals surface area contributed by atoms with E-state index < -0.39 is 0 Å². The van der Waals surface area contributed by atoms with Crippen LogP contribution in [0.3, 0.4) is 0 Å². The summed E-state index contributed by atoms with van der Waals surface area (Å²) in [6.07, 6.45) is 2.24. The molecule has 5 heteroatoms. The average molecular weight is 350 g/mol. The van der Waals surface area contributed by atoms with E-state index in [0.29, 0.717) is 6.04 Å². The highest BCUT2D eigenvalue weighted by atomic mass is 127. The fourth-order valence-corrected chi connectivity index (χ4v) is 3.46. The zero-order chi connectivity index (χ0) is 11.5. The fraction of sp³-hybridized carbons (Fsp3) is 0.545. The molecule has 16 heavy (non-hydrogen) atoms. The summed E-state index contributed by atoms with van der Waals surface area (Å²) in [6.45, 7) is 1.80. The number of amides is 1. The molecule has 1 atom stereocenters. The van der Waals surface area contributed by atoms with Crippen molar-refractivity contribution in [3.63, 3.8) is 0 Å². The summed E-state index contributed by atoms with van der Waals surface area (Å²) in [4.78, 5) is 14.3. The van der Waals surface area contributed by atoms with Crippen LogP contribution in [0, 0.1) is 2.88 Å². The highest BCUT2D eigenvalue weighted by molar-refractivity contribution is 14.1. The van der Waals surface area contributed by atoms with Gasteiger partial charge < -0.3 is 10.2 Å². The number of nitrogens with zero attached hydrogens (tertiary/aromatic N) is 1. The molecule has 2 heterocycles. The van der Waals surface area contributed by atoms with Gasteiger partial charge in [0.15, 0.2) is 0 Å². The van der Waals surface area contributed by atoms with E-state index in [1.165, 1.54) is 2.88 Å². The van der Waals surface area contributed by atoms with Crippen LogP contribution in [0.5, 0.6) is 0 Å². The molecule has 1 fully saturated rings. The maximum atomic E-state index is 12.2. The Morgan fingerprint density at radius 1 is 1.75 bits per heavy atom. The average Bonchev–Trinajstić information content (AvgIpc) is 2.87. The van der Waals surface area contributed by atoms with Crippen molar-refractivity contribution in [3.8, 4) is 0 Å². The number of nitrogens with one attached hydrogen (secondary N) is 1. The van der Waals surface area contributed by atoms with Gasteiger partial charge in [-0.25, -0.2) is 0 Å². The van der Waals surface area contributed by atoms with Crippen molar-refractivity contribution in [2.24, 2.45) is 0 Å². The van der Waals surface area contributed by atoms with Crippen molar-refractivity contribution >= 4 is 39.8 Å². The number of hydrogen-bond donors (Lipinski definition) is 1. The van der Waals surface area contributed by atoms with Crippen molar-refractivity contribution in [1.82, 2.24) is 10.2 Å². The number of likely N-dealkylation sites (tertiary alicyclic amines) is 1. The number of carbonyl (C=O) groups is 1. The third kappa shape index (κ3) is 2.57. The van der Waals surface area contributed by atoms with E-state index in [2.05, 4.69) is 27.9 Å². The third-order valence-electron chi connectivity index (χ3n) is 2.89. The molecule has 1 saturated heterocycles. The van der Waals surface area contributed by atoms with E-state index >= 15 is 0 Å². The van der Waals surface area contributed by atoms with E-state index in [-0.39, 0.29) is 5.91 Å². The topological polar surface area (TPSA) is 32.3 Å². The van der Waals surface area contributed by atoms with Crippen molar-refractivity contribution in [3.05, 3.63) is 19.9 Å². The first-order valence-corrected chi connectivity index (χ1v) is 7.38. The van der Waals surface area contributed by atoms with E-state index in [0.717, 1.165) is 31.5 Å². The van der Waals surface area contributed by atoms with Crippen LogP contribution in [-0.4, -0.2) is 37.0 Å². The molecule has 3 nitrogen and oxygen atoms in total. The highest BCUT2D eigenvalue weighted by Crippen LogP contribution is 2.23. The second kappa shape index (κ2) is 5.46. The Balaban J connectivity index is 2.09. The molecule has 1 aromatic rings. The van der Waals surface area contributed by atoms with Gasteiger partial charge in [-0.2, -0.15) is 0 Å². The van der Waals surface area contributed by atoms with Gasteiger partial charge in [0.25, 0.3) is 5.91 Å². The first kappa shape index (κ1) is 12.3. The minimum absolute atomic E-state index is 0.192. The first-order valence-electron chi connectivity index (χ1n) is 5.42. The molecular weight excluding hydrogens is 335 g/mol. The number of thiophene rings is 1. The molecule has 1 aromatic heterocycles. The molecule has 0 saturated carbocycles. The summed E-state index contributed by atoms with van der Waals surface area (Å²) < 4.78 is 1.17. The Bertz CT molecular complexity index is 380. The molecule has 0 bridgehead atoms. The summed E-state index contributed by atoms with van der Waals surface area (Å²) in [5.74, 6) is 0.192. The molecule has 2 rings (SSSR count). The first-order chi connectivity index (χ1) is 7.72. The molecule has 1 N–H and O–H groups in total. The molecule has 1 unspecified atom stereocenters. The largest absolute Gasteiger partial charge is 0.334 e. The number of likely N-dealkylation sites (N-methyl/N-ethyl adjacent to an activating group) is 1. The number of rotatable bonds is 3. The summed E-state index contributed by atoms with van der Waals surface area (Å²) in [5, 5.41) is 5.12. The van der Waals surface area contributed by atoms with Gasteiger partial charge in [-0.15, -0.1) is 11.3 Å². The van der Waals surface area contributed by atoms with Gasteiger partial charge in [0.2, 0.25) is 0 Å². The molecular formula is C11H15IN2OS. The van der Waals surface area contributed by atoms with Crippen molar-refractivity contribution in [2.45, 2.75) is 18.9 Å². The summed E-state index contributed by atoms with van der Waals surface area (Å²) >= 11 is 3.88. The summed E-state index contributed by atoms with van der Waals surface area (Å²) in [6, 6.07) is 2.34. The van der Waals surface area contributed by atoms with E-state index in [9.17, 15) is 4.79 Å². The van der Waals surface area contributed by atoms with Crippen LogP contribution < -0.4 is 5.32 Å². The van der Waals surface area contributed by atoms with Crippen LogP contribution in [0.4, 0.5) is 0 Å². The van der Waals surface area contributed by atoms with Gasteiger partial charge in [-0.05, 0) is 48.5 Å². The molecule has 1 amide bonds. The third-order valence-corrected chi connectivity index (χ3v) is 4.68. The lowest BCUT2D eigenvalue weighted by atomic mass is 10.2. The summed E-state index contributed by atoms with van der Waals surface area (Å²) in [7, 11) is 1.94. The van der Waals surface area contributed by atoms with Crippen LogP contribution in [0.15, 0.2) is 11.4 Å². The van der Waals surface area contributed by atoms with Crippen LogP contribution in [0.2, 0.25) is 0 Å². The lowest BCUT2D eigenvalue weighted by molar-refractivity contribution is 0.0737. The van der Waals surface area contributed by atoms with Crippen molar-refractivity contribution < 1.29 is 4.79 Å². The van der Waals surface area contributed by atoms with Crippen molar-refractivity contribution in [1.29, 1.82) is 0 Å². The summed E-state index contributed by atoms with van der Waals surface area (Å²) in [5.41, 5.74) is 0.845. The number of hydrogen-bond acceptors (Lipinski definition) is 3. The van der Waals surface area contributed by atoms with E-state index in [4.69, 9.17) is 0 Å². The number of carbonyl (C=O) groups excluding carboxylic acids is 1. The number of halogens is 1. The SMILES string of the molecule is CNCC1CCCN1C(=O)c1csc(I)c1. The van der Waals surface area contributed by atoms with E-state index in [1.807, 2.05) is 23.4 Å². The smallest absolute Gasteiger partial charge is 0.255 e. The Kier molecular flexibility index (Phi) is 4.21. The normalized spacial score (nSPS) is 20.4.